The van der Waals surface area contributed by atoms with Crippen LogP contribution in [0.2, 0.25) is 0 Å². The third-order valence-electron chi connectivity index (χ3n) is 3.04. The Hall–Kier alpha value is -1.10. The lowest BCUT2D eigenvalue weighted by molar-refractivity contribution is -0.126. The molecular formula is C13H25N3O2. The molecule has 0 bridgehead atoms. The summed E-state index contributed by atoms with van der Waals surface area (Å²) in [5.41, 5.74) is 0. The van der Waals surface area contributed by atoms with E-state index < -0.39 is 0 Å². The molecule has 0 aromatic heterocycles. The normalized spacial score (nSPS) is 23.8. The molecule has 1 fully saturated rings. The summed E-state index contributed by atoms with van der Waals surface area (Å²) in [7, 11) is 0. The summed E-state index contributed by atoms with van der Waals surface area (Å²) in [4.78, 5) is 23.3. The van der Waals surface area contributed by atoms with Gasteiger partial charge in [-0.1, -0.05) is 6.92 Å². The van der Waals surface area contributed by atoms with Crippen LogP contribution in [0.1, 0.15) is 33.6 Å². The Morgan fingerprint density at radius 3 is 2.67 bits per heavy atom. The van der Waals surface area contributed by atoms with Gasteiger partial charge in [0.05, 0.1) is 5.92 Å². The number of amides is 2. The minimum atomic E-state index is -0.0135. The van der Waals surface area contributed by atoms with E-state index in [-0.39, 0.29) is 23.8 Å². The smallest absolute Gasteiger partial charge is 0.224 e. The summed E-state index contributed by atoms with van der Waals surface area (Å²) in [5.74, 6) is 0.632. The van der Waals surface area contributed by atoms with E-state index in [1.54, 1.807) is 0 Å². The molecule has 3 N–H and O–H groups in total. The Balaban J connectivity index is 2.18. The van der Waals surface area contributed by atoms with Crippen LogP contribution in [0, 0.1) is 11.8 Å². The van der Waals surface area contributed by atoms with E-state index in [9.17, 15) is 9.59 Å². The van der Waals surface area contributed by atoms with Crippen LogP contribution in [0.15, 0.2) is 0 Å². The molecular weight excluding hydrogens is 230 g/mol. The zero-order valence-corrected chi connectivity index (χ0v) is 11.6. The number of carbonyl (C=O) groups excluding carboxylic acids is 2. The Morgan fingerprint density at radius 1 is 1.33 bits per heavy atom. The molecule has 0 radical (unpaired) electrons. The minimum Gasteiger partial charge on any atom is -0.355 e. The molecule has 18 heavy (non-hydrogen) atoms. The van der Waals surface area contributed by atoms with Crippen LogP contribution < -0.4 is 16.0 Å². The van der Waals surface area contributed by atoms with Gasteiger partial charge in [-0.05, 0) is 32.7 Å². The Labute approximate surface area is 109 Å². The molecule has 2 atom stereocenters. The van der Waals surface area contributed by atoms with Crippen LogP contribution in [-0.2, 0) is 9.59 Å². The lowest BCUT2D eigenvalue weighted by atomic mass is 9.91. The molecule has 0 aromatic carbocycles. The SMILES string of the molecule is CC1CNCC(C(=O)NCCC(=O)NC(C)C)C1. The van der Waals surface area contributed by atoms with Gasteiger partial charge >= 0.3 is 0 Å². The van der Waals surface area contributed by atoms with Crippen LogP contribution in [0.5, 0.6) is 0 Å². The second-order valence-electron chi connectivity index (χ2n) is 5.46. The van der Waals surface area contributed by atoms with Gasteiger partial charge in [0.2, 0.25) is 11.8 Å². The van der Waals surface area contributed by atoms with Gasteiger partial charge in [0.15, 0.2) is 0 Å². The highest BCUT2D eigenvalue weighted by Gasteiger charge is 2.24. The van der Waals surface area contributed by atoms with Crippen molar-refractivity contribution in [2.24, 2.45) is 11.8 Å². The van der Waals surface area contributed by atoms with Crippen LogP contribution in [0.25, 0.3) is 0 Å². The maximum absolute atomic E-state index is 11.9. The summed E-state index contributed by atoms with van der Waals surface area (Å²) < 4.78 is 0. The van der Waals surface area contributed by atoms with Gasteiger partial charge in [-0.3, -0.25) is 9.59 Å². The number of hydrogen-bond donors (Lipinski definition) is 3. The van der Waals surface area contributed by atoms with Crippen molar-refractivity contribution in [2.45, 2.75) is 39.7 Å². The zero-order chi connectivity index (χ0) is 13.5. The predicted octanol–water partition coefficient (Wildman–Crippen LogP) is 0.263. The van der Waals surface area contributed by atoms with Gasteiger partial charge in [-0.15, -0.1) is 0 Å². The van der Waals surface area contributed by atoms with Crippen molar-refractivity contribution in [1.29, 1.82) is 0 Å². The molecule has 0 saturated carbocycles. The van der Waals surface area contributed by atoms with Crippen LogP contribution >= 0.6 is 0 Å². The van der Waals surface area contributed by atoms with Crippen molar-refractivity contribution in [3.05, 3.63) is 0 Å². The molecule has 2 unspecified atom stereocenters. The van der Waals surface area contributed by atoms with E-state index in [4.69, 9.17) is 0 Å². The molecule has 0 aromatic rings. The summed E-state index contributed by atoms with van der Waals surface area (Å²) in [6, 6.07) is 0.150. The average Bonchev–Trinajstić information content (AvgIpc) is 2.27. The largest absolute Gasteiger partial charge is 0.355 e. The third-order valence-corrected chi connectivity index (χ3v) is 3.04. The fraction of sp³-hybridized carbons (Fsp3) is 0.846. The predicted molar refractivity (Wildman–Crippen MR) is 71.0 cm³/mol. The van der Waals surface area contributed by atoms with Crippen LogP contribution in [0.3, 0.4) is 0 Å². The van der Waals surface area contributed by atoms with E-state index in [0.29, 0.717) is 18.9 Å². The van der Waals surface area contributed by atoms with Crippen molar-refractivity contribution in [1.82, 2.24) is 16.0 Å². The van der Waals surface area contributed by atoms with Gasteiger partial charge in [0, 0.05) is 25.6 Å². The second-order valence-corrected chi connectivity index (χ2v) is 5.46. The monoisotopic (exact) mass is 255 g/mol. The standard InChI is InChI=1S/C13H25N3O2/c1-9(2)16-12(17)4-5-15-13(18)11-6-10(3)7-14-8-11/h9-11,14H,4-8H2,1-3H3,(H,15,18)(H,16,17). The maximum Gasteiger partial charge on any atom is 0.224 e. The molecule has 5 nitrogen and oxygen atoms in total. The summed E-state index contributed by atoms with van der Waals surface area (Å²) in [6.07, 6.45) is 1.27. The molecule has 1 heterocycles. The second kappa shape index (κ2) is 7.36. The Kier molecular flexibility index (Phi) is 6.12. The molecule has 0 aliphatic carbocycles. The quantitative estimate of drug-likeness (QED) is 0.660. The maximum atomic E-state index is 11.9. The molecule has 0 spiro atoms. The summed E-state index contributed by atoms with van der Waals surface area (Å²) in [6.45, 7) is 8.14. The number of hydrogen-bond acceptors (Lipinski definition) is 3. The molecule has 1 aliphatic heterocycles. The topological polar surface area (TPSA) is 70.2 Å². The van der Waals surface area contributed by atoms with E-state index in [1.807, 2.05) is 13.8 Å². The molecule has 104 valence electrons. The lowest BCUT2D eigenvalue weighted by Gasteiger charge is -2.26. The highest BCUT2D eigenvalue weighted by molar-refractivity contribution is 5.80. The summed E-state index contributed by atoms with van der Waals surface area (Å²) in [5, 5.41) is 8.89. The van der Waals surface area contributed by atoms with Crippen molar-refractivity contribution in [2.75, 3.05) is 19.6 Å². The van der Waals surface area contributed by atoms with Gasteiger partial charge in [-0.25, -0.2) is 0 Å². The molecule has 1 rings (SSSR count). The fourth-order valence-corrected chi connectivity index (χ4v) is 2.19. The first-order valence-electron chi connectivity index (χ1n) is 6.76. The van der Waals surface area contributed by atoms with Gasteiger partial charge in [0.1, 0.15) is 0 Å². The van der Waals surface area contributed by atoms with Crippen molar-refractivity contribution in [3.63, 3.8) is 0 Å². The van der Waals surface area contributed by atoms with Gasteiger partial charge in [0.25, 0.3) is 0 Å². The van der Waals surface area contributed by atoms with E-state index in [2.05, 4.69) is 22.9 Å². The zero-order valence-electron chi connectivity index (χ0n) is 11.6. The summed E-state index contributed by atoms with van der Waals surface area (Å²) >= 11 is 0. The molecule has 1 saturated heterocycles. The number of carbonyl (C=O) groups is 2. The van der Waals surface area contributed by atoms with Crippen molar-refractivity contribution in [3.8, 4) is 0 Å². The van der Waals surface area contributed by atoms with Gasteiger partial charge in [-0.2, -0.15) is 0 Å². The highest BCUT2D eigenvalue weighted by atomic mass is 16.2. The first-order chi connectivity index (χ1) is 8.49. The average molecular weight is 255 g/mol. The molecule has 2 amide bonds. The molecule has 1 aliphatic rings. The fourth-order valence-electron chi connectivity index (χ4n) is 2.19. The highest BCUT2D eigenvalue weighted by Crippen LogP contribution is 2.15. The molecule has 5 heteroatoms. The first kappa shape index (κ1) is 15.0. The minimum absolute atomic E-state index is 0.0135. The van der Waals surface area contributed by atoms with E-state index in [1.165, 1.54) is 0 Å². The number of piperidine rings is 1. The lowest BCUT2D eigenvalue weighted by Crippen LogP contribution is -2.44. The Bertz CT molecular complexity index is 292. The Morgan fingerprint density at radius 2 is 2.06 bits per heavy atom. The van der Waals surface area contributed by atoms with E-state index in [0.717, 1.165) is 19.5 Å². The van der Waals surface area contributed by atoms with Crippen molar-refractivity contribution >= 4 is 11.8 Å². The van der Waals surface area contributed by atoms with Gasteiger partial charge < -0.3 is 16.0 Å². The first-order valence-corrected chi connectivity index (χ1v) is 6.76. The number of rotatable bonds is 5. The van der Waals surface area contributed by atoms with E-state index >= 15 is 0 Å². The van der Waals surface area contributed by atoms with Crippen LogP contribution in [-0.4, -0.2) is 37.5 Å². The van der Waals surface area contributed by atoms with Crippen molar-refractivity contribution < 1.29 is 9.59 Å². The third kappa shape index (κ3) is 5.49. The number of nitrogens with one attached hydrogen (secondary N) is 3. The van der Waals surface area contributed by atoms with Crippen LogP contribution in [0.4, 0.5) is 0 Å².